The zero-order chi connectivity index (χ0) is 19.5. The number of amides is 1. The molecule has 144 valence electrons. The molecule has 28 heavy (non-hydrogen) atoms. The van der Waals surface area contributed by atoms with Crippen LogP contribution in [0.3, 0.4) is 0 Å². The molecule has 7 nitrogen and oxygen atoms in total. The molecule has 0 aliphatic carbocycles. The van der Waals surface area contributed by atoms with E-state index in [9.17, 15) is 13.6 Å². The second kappa shape index (κ2) is 7.71. The van der Waals surface area contributed by atoms with Gasteiger partial charge in [-0.15, -0.1) is 10.2 Å². The minimum atomic E-state index is -0.851. The number of rotatable bonds is 4. The third kappa shape index (κ3) is 3.83. The van der Waals surface area contributed by atoms with Crippen LogP contribution in [-0.4, -0.2) is 50.0 Å². The summed E-state index contributed by atoms with van der Waals surface area (Å²) >= 11 is 0. The van der Waals surface area contributed by atoms with E-state index in [0.29, 0.717) is 43.7 Å². The lowest BCUT2D eigenvalue weighted by Gasteiger charge is -2.32. The highest BCUT2D eigenvalue weighted by Crippen LogP contribution is 2.20. The maximum absolute atomic E-state index is 13.8. The van der Waals surface area contributed by atoms with Crippen LogP contribution in [0.4, 0.5) is 8.78 Å². The van der Waals surface area contributed by atoms with Gasteiger partial charge in [0.05, 0.1) is 5.56 Å². The van der Waals surface area contributed by atoms with E-state index < -0.39 is 17.5 Å². The van der Waals surface area contributed by atoms with Gasteiger partial charge in [0, 0.05) is 50.5 Å². The Bertz CT molecular complexity index is 955. The molecule has 0 atom stereocenters. The Kier molecular flexibility index (Phi) is 4.96. The van der Waals surface area contributed by atoms with E-state index in [4.69, 9.17) is 4.74 Å². The number of likely N-dealkylation sites (tertiary alicyclic amines) is 1. The summed E-state index contributed by atoms with van der Waals surface area (Å²) in [5.74, 6) is -1.03. The van der Waals surface area contributed by atoms with Gasteiger partial charge in [-0.2, -0.15) is 5.10 Å². The Labute approximate surface area is 159 Å². The number of hydrogen-bond donors (Lipinski definition) is 0. The smallest absolute Gasteiger partial charge is 0.256 e. The van der Waals surface area contributed by atoms with Crippen LogP contribution in [0.15, 0.2) is 48.8 Å². The van der Waals surface area contributed by atoms with E-state index in [-0.39, 0.29) is 11.7 Å². The molecule has 0 unspecified atom stereocenters. The molecule has 0 N–H and O–H groups in total. The van der Waals surface area contributed by atoms with Crippen molar-refractivity contribution in [1.82, 2.24) is 24.9 Å². The Balaban J connectivity index is 1.33. The van der Waals surface area contributed by atoms with Crippen molar-refractivity contribution in [2.45, 2.75) is 18.9 Å². The fraction of sp³-hybridized carbons (Fsp3) is 0.263. The van der Waals surface area contributed by atoms with Gasteiger partial charge in [-0.3, -0.25) is 4.79 Å². The van der Waals surface area contributed by atoms with E-state index in [1.165, 1.54) is 6.07 Å². The summed E-state index contributed by atoms with van der Waals surface area (Å²) in [5, 5.41) is 12.2. The van der Waals surface area contributed by atoms with Crippen molar-refractivity contribution in [1.29, 1.82) is 0 Å². The zero-order valence-electron chi connectivity index (χ0n) is 14.8. The molecular weight excluding hydrogens is 368 g/mol. The minimum Gasteiger partial charge on any atom is -0.473 e. The Morgan fingerprint density at radius 2 is 1.93 bits per heavy atom. The number of aromatic nitrogens is 4. The minimum absolute atomic E-state index is 0.119. The average Bonchev–Trinajstić information content (AvgIpc) is 3.24. The normalized spacial score (nSPS) is 14.9. The predicted molar refractivity (Wildman–Crippen MR) is 95.1 cm³/mol. The highest BCUT2D eigenvalue weighted by atomic mass is 19.1. The van der Waals surface area contributed by atoms with Crippen molar-refractivity contribution in [2.75, 3.05) is 13.1 Å². The maximum Gasteiger partial charge on any atom is 0.256 e. The lowest BCUT2D eigenvalue weighted by molar-refractivity contribution is 0.0582. The molecule has 3 aromatic rings. The molecule has 1 saturated heterocycles. The molecular formula is C19H17F2N5O2. The standard InChI is InChI=1S/C19H17F2N5O2/c20-13-2-3-15(16(21)12-13)19(27)25-10-6-14(7-11-25)28-18-5-4-17(23-24-18)26-9-1-8-22-26/h1-5,8-9,12,14H,6-7,10-11H2. The first-order chi connectivity index (χ1) is 13.6. The number of halogens is 2. The van der Waals surface area contributed by atoms with Crippen molar-refractivity contribution < 1.29 is 18.3 Å². The largest absolute Gasteiger partial charge is 0.473 e. The zero-order valence-corrected chi connectivity index (χ0v) is 14.8. The molecule has 1 aliphatic heterocycles. The van der Waals surface area contributed by atoms with E-state index in [2.05, 4.69) is 15.3 Å². The highest BCUT2D eigenvalue weighted by molar-refractivity contribution is 5.94. The highest BCUT2D eigenvalue weighted by Gasteiger charge is 2.26. The summed E-state index contributed by atoms with van der Waals surface area (Å²) in [4.78, 5) is 14.0. The molecule has 1 fully saturated rings. The molecule has 4 rings (SSSR count). The van der Waals surface area contributed by atoms with Crippen LogP contribution in [0.5, 0.6) is 5.88 Å². The van der Waals surface area contributed by atoms with E-state index in [1.807, 2.05) is 0 Å². The number of carbonyl (C=O) groups excluding carboxylic acids is 1. The third-order valence-corrected chi connectivity index (χ3v) is 4.54. The number of nitrogens with zero attached hydrogens (tertiary/aromatic N) is 5. The Hall–Kier alpha value is -3.36. The second-order valence-corrected chi connectivity index (χ2v) is 6.41. The topological polar surface area (TPSA) is 73.1 Å². The summed E-state index contributed by atoms with van der Waals surface area (Å²) in [6.07, 6.45) is 4.46. The second-order valence-electron chi connectivity index (χ2n) is 6.41. The molecule has 0 bridgehead atoms. The third-order valence-electron chi connectivity index (χ3n) is 4.54. The number of hydrogen-bond acceptors (Lipinski definition) is 5. The van der Waals surface area contributed by atoms with Gasteiger partial charge < -0.3 is 9.64 Å². The van der Waals surface area contributed by atoms with E-state index >= 15 is 0 Å². The summed E-state index contributed by atoms with van der Waals surface area (Å²) in [6, 6.07) is 8.23. The van der Waals surface area contributed by atoms with Gasteiger partial charge in [0.15, 0.2) is 5.82 Å². The van der Waals surface area contributed by atoms with Gasteiger partial charge in [0.2, 0.25) is 5.88 Å². The first-order valence-corrected chi connectivity index (χ1v) is 8.85. The number of benzene rings is 1. The monoisotopic (exact) mass is 385 g/mol. The molecule has 1 aromatic carbocycles. The van der Waals surface area contributed by atoms with Crippen LogP contribution in [0, 0.1) is 11.6 Å². The molecule has 3 heterocycles. The van der Waals surface area contributed by atoms with Crippen LogP contribution in [0.25, 0.3) is 5.82 Å². The van der Waals surface area contributed by atoms with Crippen molar-refractivity contribution in [3.05, 3.63) is 66.0 Å². The molecule has 0 spiro atoms. The van der Waals surface area contributed by atoms with Crippen molar-refractivity contribution in [3.8, 4) is 11.7 Å². The number of carbonyl (C=O) groups is 1. The van der Waals surface area contributed by atoms with Gasteiger partial charge >= 0.3 is 0 Å². The average molecular weight is 385 g/mol. The van der Waals surface area contributed by atoms with Crippen molar-refractivity contribution in [2.24, 2.45) is 0 Å². The Morgan fingerprint density at radius 3 is 2.57 bits per heavy atom. The van der Waals surface area contributed by atoms with Gasteiger partial charge in [-0.05, 0) is 24.3 Å². The van der Waals surface area contributed by atoms with E-state index in [1.54, 1.807) is 40.2 Å². The van der Waals surface area contributed by atoms with Gasteiger partial charge in [-0.1, -0.05) is 0 Å². The molecule has 2 aromatic heterocycles. The van der Waals surface area contributed by atoms with Crippen LogP contribution >= 0.6 is 0 Å². The quantitative estimate of drug-likeness (QED) is 0.690. The lowest BCUT2D eigenvalue weighted by Crippen LogP contribution is -2.42. The molecule has 9 heteroatoms. The van der Waals surface area contributed by atoms with Crippen molar-refractivity contribution in [3.63, 3.8) is 0 Å². The van der Waals surface area contributed by atoms with Crippen molar-refractivity contribution >= 4 is 5.91 Å². The molecule has 1 aliphatic rings. The first kappa shape index (κ1) is 18.0. The predicted octanol–water partition coefficient (Wildman–Crippen LogP) is 2.62. The van der Waals surface area contributed by atoms with Gasteiger partial charge in [-0.25, -0.2) is 13.5 Å². The van der Waals surface area contributed by atoms with Crippen LogP contribution in [0.1, 0.15) is 23.2 Å². The Morgan fingerprint density at radius 1 is 1.11 bits per heavy atom. The van der Waals surface area contributed by atoms with E-state index in [0.717, 1.165) is 6.07 Å². The van der Waals surface area contributed by atoms with Crippen LogP contribution in [0.2, 0.25) is 0 Å². The number of ether oxygens (including phenoxy) is 1. The molecule has 1 amide bonds. The SMILES string of the molecule is O=C(c1ccc(F)cc1F)N1CCC(Oc2ccc(-n3cccn3)nn2)CC1. The lowest BCUT2D eigenvalue weighted by atomic mass is 10.1. The number of piperidine rings is 1. The summed E-state index contributed by atoms with van der Waals surface area (Å²) in [6.45, 7) is 0.832. The van der Waals surface area contributed by atoms with Crippen LogP contribution < -0.4 is 4.74 Å². The fourth-order valence-corrected chi connectivity index (χ4v) is 3.08. The molecule has 0 saturated carbocycles. The van der Waals surface area contributed by atoms with Crippen LogP contribution in [-0.2, 0) is 0 Å². The van der Waals surface area contributed by atoms with Gasteiger partial charge in [0.1, 0.15) is 17.7 Å². The van der Waals surface area contributed by atoms with Gasteiger partial charge in [0.25, 0.3) is 5.91 Å². The molecule has 0 radical (unpaired) electrons. The fourth-order valence-electron chi connectivity index (χ4n) is 3.08. The maximum atomic E-state index is 13.8. The first-order valence-electron chi connectivity index (χ1n) is 8.85. The summed E-state index contributed by atoms with van der Waals surface area (Å²) in [5.41, 5.74) is -0.124. The summed E-state index contributed by atoms with van der Waals surface area (Å²) in [7, 11) is 0. The summed E-state index contributed by atoms with van der Waals surface area (Å²) < 4.78 is 34.3.